The van der Waals surface area contributed by atoms with Crippen LogP contribution in [-0.2, 0) is 45.4 Å². The van der Waals surface area contributed by atoms with E-state index in [0.29, 0.717) is 24.3 Å². The molecule has 13 nitrogen and oxygen atoms in total. The maximum Gasteiger partial charge on any atom is 0.314 e. The molecule has 0 fully saturated rings. The molecule has 2 bridgehead atoms. The standard InChI is InChI=1S/C33H47N3O10S2/c1-6-45-32(39)33(16-15-24(2)3)21-25-9-14-28(29(20-25)44-4)46-22-31(38)34-17-19-36(18-7-8-30(37)35-23-33)48(42,43)27-12-10-26(11-13-27)47(5,40)41/h9-14,20,24H,6-8,15-19,21-23H2,1-5H3,(H,34,38)(H,35,37). The summed E-state index contributed by atoms with van der Waals surface area (Å²) in [6.45, 7) is 5.38. The topological polar surface area (TPSA) is 174 Å². The first-order valence-electron chi connectivity index (χ1n) is 15.9. The molecule has 2 aromatic rings. The van der Waals surface area contributed by atoms with Crippen molar-refractivity contribution >= 4 is 37.6 Å². The minimum absolute atomic E-state index is 0.00503. The van der Waals surface area contributed by atoms with E-state index in [9.17, 15) is 31.2 Å². The van der Waals surface area contributed by atoms with Gasteiger partial charge in [-0.3, -0.25) is 14.4 Å². The number of benzene rings is 2. The average molecular weight is 710 g/mol. The highest BCUT2D eigenvalue weighted by molar-refractivity contribution is 7.90. The van der Waals surface area contributed by atoms with E-state index < -0.39 is 37.2 Å². The molecule has 0 spiro atoms. The van der Waals surface area contributed by atoms with Crippen LogP contribution >= 0.6 is 0 Å². The number of sulfone groups is 1. The van der Waals surface area contributed by atoms with Crippen LogP contribution in [0.4, 0.5) is 0 Å². The third-order valence-corrected chi connectivity index (χ3v) is 11.1. The third kappa shape index (κ3) is 10.7. The van der Waals surface area contributed by atoms with Crippen molar-refractivity contribution in [3.8, 4) is 11.5 Å². The van der Waals surface area contributed by atoms with Gasteiger partial charge in [-0.25, -0.2) is 16.8 Å². The Balaban J connectivity index is 1.95. The molecule has 0 radical (unpaired) electrons. The molecule has 2 aliphatic rings. The number of rotatable bonds is 9. The van der Waals surface area contributed by atoms with Crippen molar-refractivity contribution in [3.05, 3.63) is 48.0 Å². The fourth-order valence-corrected chi connectivity index (χ4v) is 7.42. The predicted octanol–water partition coefficient (Wildman–Crippen LogP) is 2.72. The molecule has 15 heteroatoms. The van der Waals surface area contributed by atoms with Gasteiger partial charge in [0, 0.05) is 38.9 Å². The average Bonchev–Trinajstić information content (AvgIpc) is 3.03. The summed E-state index contributed by atoms with van der Waals surface area (Å²) in [6.07, 6.45) is 2.50. The van der Waals surface area contributed by atoms with Crippen LogP contribution in [-0.4, -0.2) is 91.7 Å². The first-order valence-corrected chi connectivity index (χ1v) is 19.2. The Bertz CT molecular complexity index is 1640. The summed E-state index contributed by atoms with van der Waals surface area (Å²) in [4.78, 5) is 39.3. The van der Waals surface area contributed by atoms with E-state index in [1.54, 1.807) is 25.1 Å². The number of nitrogens with one attached hydrogen (secondary N) is 2. The highest BCUT2D eigenvalue weighted by Crippen LogP contribution is 2.35. The van der Waals surface area contributed by atoms with Gasteiger partial charge >= 0.3 is 5.97 Å². The number of hydrogen-bond donors (Lipinski definition) is 2. The second kappa shape index (κ2) is 17.1. The monoisotopic (exact) mass is 709 g/mol. The number of sulfonamides is 1. The number of methoxy groups -OCH3 is 1. The minimum atomic E-state index is -4.14. The molecular formula is C33H47N3O10S2. The summed E-state index contributed by atoms with van der Waals surface area (Å²) in [7, 11) is -6.22. The summed E-state index contributed by atoms with van der Waals surface area (Å²) in [5.41, 5.74) is -0.349. The van der Waals surface area contributed by atoms with Crippen molar-refractivity contribution in [2.45, 2.75) is 62.7 Å². The molecule has 2 aromatic carbocycles. The van der Waals surface area contributed by atoms with E-state index in [1.165, 1.54) is 31.4 Å². The largest absolute Gasteiger partial charge is 0.493 e. The molecule has 0 saturated heterocycles. The van der Waals surface area contributed by atoms with Gasteiger partial charge in [0.05, 0.1) is 28.9 Å². The van der Waals surface area contributed by atoms with Crippen molar-refractivity contribution in [1.29, 1.82) is 0 Å². The number of esters is 1. The van der Waals surface area contributed by atoms with Crippen LogP contribution in [0.25, 0.3) is 0 Å². The van der Waals surface area contributed by atoms with Gasteiger partial charge in [0.25, 0.3) is 5.91 Å². The molecule has 2 aliphatic heterocycles. The molecule has 266 valence electrons. The van der Waals surface area contributed by atoms with Crippen LogP contribution in [0.1, 0.15) is 52.0 Å². The lowest BCUT2D eigenvalue weighted by Crippen LogP contribution is -2.46. The van der Waals surface area contributed by atoms with Crippen LogP contribution in [0.3, 0.4) is 0 Å². The quantitative estimate of drug-likeness (QED) is 0.291. The lowest BCUT2D eigenvalue weighted by Gasteiger charge is -2.33. The van der Waals surface area contributed by atoms with E-state index >= 15 is 0 Å². The normalized spacial score (nSPS) is 19.3. The first kappa shape index (κ1) is 38.8. The molecule has 0 aliphatic carbocycles. The zero-order valence-corrected chi connectivity index (χ0v) is 29.9. The Labute approximate surface area is 283 Å². The Hall–Kier alpha value is -3.69. The van der Waals surface area contributed by atoms with Crippen LogP contribution in [0.15, 0.2) is 52.3 Å². The number of amides is 2. The summed E-state index contributed by atoms with van der Waals surface area (Å²) < 4.78 is 69.0. The van der Waals surface area contributed by atoms with Crippen LogP contribution in [0.5, 0.6) is 11.5 Å². The van der Waals surface area contributed by atoms with Gasteiger partial charge in [-0.05, 0) is 80.5 Å². The molecule has 1 unspecified atom stereocenters. The van der Waals surface area contributed by atoms with E-state index in [2.05, 4.69) is 10.6 Å². The summed E-state index contributed by atoms with van der Waals surface area (Å²) >= 11 is 0. The molecule has 2 amide bonds. The molecule has 0 saturated carbocycles. The fourth-order valence-electron chi connectivity index (χ4n) is 5.31. The molecule has 4 rings (SSSR count). The van der Waals surface area contributed by atoms with E-state index in [1.807, 2.05) is 13.8 Å². The first-order chi connectivity index (χ1) is 22.6. The lowest BCUT2D eigenvalue weighted by molar-refractivity contribution is -0.156. The predicted molar refractivity (Wildman–Crippen MR) is 179 cm³/mol. The number of hydrogen-bond acceptors (Lipinski definition) is 10. The van der Waals surface area contributed by atoms with Crippen molar-refractivity contribution in [2.75, 3.05) is 52.8 Å². The second-order valence-electron chi connectivity index (χ2n) is 12.3. The van der Waals surface area contributed by atoms with Crippen molar-refractivity contribution < 1.29 is 45.4 Å². The van der Waals surface area contributed by atoms with Gasteiger partial charge in [-0.2, -0.15) is 4.31 Å². The Morgan fingerprint density at radius 3 is 2.31 bits per heavy atom. The van der Waals surface area contributed by atoms with Crippen LogP contribution in [0, 0.1) is 11.3 Å². The summed E-state index contributed by atoms with van der Waals surface area (Å²) in [5.74, 6) is -0.377. The highest BCUT2D eigenvalue weighted by Gasteiger charge is 2.40. The number of nitrogens with zero attached hydrogens (tertiary/aromatic N) is 1. The van der Waals surface area contributed by atoms with Crippen LogP contribution < -0.4 is 20.1 Å². The summed E-state index contributed by atoms with van der Waals surface area (Å²) in [6, 6.07) is 10.0. The van der Waals surface area contributed by atoms with Gasteiger partial charge in [0.2, 0.25) is 15.9 Å². The third-order valence-electron chi connectivity index (χ3n) is 8.05. The zero-order chi connectivity index (χ0) is 35.5. The molecular weight excluding hydrogens is 663 g/mol. The highest BCUT2D eigenvalue weighted by atomic mass is 32.2. The number of carbonyl (C=O) groups excluding carboxylic acids is 3. The maximum absolute atomic E-state index is 13.6. The van der Waals surface area contributed by atoms with Gasteiger partial charge in [0.15, 0.2) is 27.9 Å². The SMILES string of the molecule is CCOC(=O)C1(CCC(C)C)CNC(=O)CCCN(S(=O)(=O)c2ccc(S(C)(=O)=O)cc2)CCNC(=O)COc2ccc(cc2OC)C1. The van der Waals surface area contributed by atoms with Crippen molar-refractivity contribution in [1.82, 2.24) is 14.9 Å². The van der Waals surface area contributed by atoms with E-state index in [0.717, 1.165) is 16.1 Å². The smallest absolute Gasteiger partial charge is 0.314 e. The molecule has 2 N–H and O–H groups in total. The number of ether oxygens (including phenoxy) is 3. The fraction of sp³-hybridized carbons (Fsp3) is 0.545. The Morgan fingerprint density at radius 2 is 1.69 bits per heavy atom. The van der Waals surface area contributed by atoms with Gasteiger partial charge in [-0.1, -0.05) is 19.9 Å². The van der Waals surface area contributed by atoms with Gasteiger partial charge in [0.1, 0.15) is 0 Å². The maximum atomic E-state index is 13.6. The van der Waals surface area contributed by atoms with Crippen molar-refractivity contribution in [3.63, 3.8) is 0 Å². The Morgan fingerprint density at radius 1 is 1.00 bits per heavy atom. The zero-order valence-electron chi connectivity index (χ0n) is 28.2. The minimum Gasteiger partial charge on any atom is -0.493 e. The number of carbonyl (C=O) groups is 3. The Kier molecular flexibility index (Phi) is 13.8. The van der Waals surface area contributed by atoms with Gasteiger partial charge in [-0.15, -0.1) is 0 Å². The van der Waals surface area contributed by atoms with E-state index in [4.69, 9.17) is 14.2 Å². The van der Waals surface area contributed by atoms with Crippen molar-refractivity contribution in [2.24, 2.45) is 11.3 Å². The van der Waals surface area contributed by atoms with E-state index in [-0.39, 0.29) is 80.3 Å². The molecule has 1 atom stereocenters. The summed E-state index contributed by atoms with van der Waals surface area (Å²) in [5, 5.41) is 5.56. The lowest BCUT2D eigenvalue weighted by atomic mass is 9.76. The molecule has 0 aromatic heterocycles. The molecule has 2 heterocycles. The van der Waals surface area contributed by atoms with Gasteiger partial charge < -0.3 is 24.8 Å². The second-order valence-corrected chi connectivity index (χ2v) is 16.2. The number of fused-ring (bicyclic) bond motifs is 16. The van der Waals surface area contributed by atoms with Crippen LogP contribution in [0.2, 0.25) is 0 Å². The molecule has 48 heavy (non-hydrogen) atoms.